The van der Waals surface area contributed by atoms with Crippen molar-refractivity contribution in [2.45, 2.75) is 44.2 Å². The molecule has 3 unspecified atom stereocenters. The minimum absolute atomic E-state index is 0.0564. The van der Waals surface area contributed by atoms with Gasteiger partial charge in [-0.15, -0.1) is 0 Å². The smallest absolute Gasteiger partial charge is 0.409 e. The highest BCUT2D eigenvalue weighted by Gasteiger charge is 2.32. The van der Waals surface area contributed by atoms with E-state index < -0.39 is 6.09 Å². The van der Waals surface area contributed by atoms with Crippen LogP contribution in [0.25, 0.3) is 0 Å². The van der Waals surface area contributed by atoms with Crippen molar-refractivity contribution in [3.05, 3.63) is 34.9 Å². The first kappa shape index (κ1) is 27.5. The molecule has 2 aliphatic rings. The molecule has 2 amide bonds. The van der Waals surface area contributed by atoms with Crippen molar-refractivity contribution in [1.82, 2.24) is 10.2 Å². The molecule has 1 aromatic carbocycles. The van der Waals surface area contributed by atoms with Crippen LogP contribution in [0.5, 0.6) is 0 Å². The molecular formula is C25H38ClN3O6. The number of nitrogens with one attached hydrogen (secondary N) is 1. The van der Waals surface area contributed by atoms with Crippen molar-refractivity contribution in [2.24, 2.45) is 17.6 Å². The Balaban J connectivity index is 1.54. The number of nitrogens with zero attached hydrogens (tertiary/aromatic N) is 1. The molecule has 0 spiro atoms. The molecule has 4 atom stereocenters. The SMILES string of the molecule is COC(=O)NCCO[C@@H](c1cccc(Cl)c1)C1CCCN(C(=O)OCC(N)CC2CCCOC2)C1. The number of amides is 2. The predicted octanol–water partition coefficient (Wildman–Crippen LogP) is 3.75. The van der Waals surface area contributed by atoms with Crippen LogP contribution in [-0.2, 0) is 18.9 Å². The van der Waals surface area contributed by atoms with E-state index in [1.54, 1.807) is 4.90 Å². The Hall–Kier alpha value is -2.07. The summed E-state index contributed by atoms with van der Waals surface area (Å²) in [6.07, 6.45) is 3.56. The van der Waals surface area contributed by atoms with Crippen LogP contribution in [0.2, 0.25) is 5.02 Å². The number of rotatable bonds is 10. The van der Waals surface area contributed by atoms with Gasteiger partial charge in [-0.05, 0) is 55.7 Å². The molecule has 10 heteroatoms. The van der Waals surface area contributed by atoms with E-state index in [4.69, 9.17) is 31.5 Å². The van der Waals surface area contributed by atoms with Crippen LogP contribution < -0.4 is 11.1 Å². The van der Waals surface area contributed by atoms with E-state index in [1.165, 1.54) is 7.11 Å². The summed E-state index contributed by atoms with van der Waals surface area (Å²) in [6, 6.07) is 7.35. The van der Waals surface area contributed by atoms with Crippen LogP contribution in [0, 0.1) is 11.8 Å². The minimum Gasteiger partial charge on any atom is -0.453 e. The molecule has 1 aromatic rings. The van der Waals surface area contributed by atoms with E-state index in [0.717, 1.165) is 50.9 Å². The zero-order valence-corrected chi connectivity index (χ0v) is 21.2. The van der Waals surface area contributed by atoms with Gasteiger partial charge in [-0.25, -0.2) is 9.59 Å². The summed E-state index contributed by atoms with van der Waals surface area (Å²) in [5.41, 5.74) is 7.16. The highest BCUT2D eigenvalue weighted by atomic mass is 35.5. The van der Waals surface area contributed by atoms with Crippen LogP contribution >= 0.6 is 11.6 Å². The second-order valence-corrected chi connectivity index (χ2v) is 9.71. The molecule has 9 nitrogen and oxygen atoms in total. The molecule has 2 fully saturated rings. The molecule has 0 aliphatic carbocycles. The van der Waals surface area contributed by atoms with E-state index in [9.17, 15) is 9.59 Å². The highest BCUT2D eigenvalue weighted by molar-refractivity contribution is 6.30. The molecule has 0 saturated carbocycles. The highest BCUT2D eigenvalue weighted by Crippen LogP contribution is 2.34. The van der Waals surface area contributed by atoms with Crippen molar-refractivity contribution in [1.29, 1.82) is 0 Å². The lowest BCUT2D eigenvalue weighted by atomic mass is 9.88. The third kappa shape index (κ3) is 9.14. The standard InChI is InChI=1S/C25H38ClN3O6/c1-32-24(30)28-9-12-34-23(19-6-2-8-21(26)14-19)20-7-3-10-29(15-20)25(31)35-17-22(27)13-18-5-4-11-33-16-18/h2,6,8,14,18,20,22-23H,3-5,7,9-13,15-17,27H2,1H3,(H,28,30)/t18?,20?,22?,23-/m0/s1. The van der Waals surface area contributed by atoms with Crippen molar-refractivity contribution in [3.63, 3.8) is 0 Å². The summed E-state index contributed by atoms with van der Waals surface area (Å²) in [5, 5.41) is 3.24. The number of methoxy groups -OCH3 is 1. The van der Waals surface area contributed by atoms with Crippen LogP contribution in [-0.4, -0.2) is 76.3 Å². The molecule has 0 aromatic heterocycles. The number of hydrogen-bond donors (Lipinski definition) is 2. The maximum Gasteiger partial charge on any atom is 0.409 e. The molecule has 0 radical (unpaired) electrons. The Labute approximate surface area is 212 Å². The number of halogens is 1. The van der Waals surface area contributed by atoms with E-state index in [1.807, 2.05) is 24.3 Å². The number of likely N-dealkylation sites (tertiary alicyclic amines) is 1. The van der Waals surface area contributed by atoms with Crippen molar-refractivity contribution in [2.75, 3.05) is 53.2 Å². The number of ether oxygens (including phenoxy) is 4. The maximum absolute atomic E-state index is 12.8. The summed E-state index contributed by atoms with van der Waals surface area (Å²) >= 11 is 6.24. The fraction of sp³-hybridized carbons (Fsp3) is 0.680. The van der Waals surface area contributed by atoms with Crippen molar-refractivity contribution < 1.29 is 28.5 Å². The van der Waals surface area contributed by atoms with Gasteiger partial charge in [0, 0.05) is 49.8 Å². The minimum atomic E-state index is -0.506. The first-order valence-corrected chi connectivity index (χ1v) is 12.8. The fourth-order valence-corrected chi connectivity index (χ4v) is 4.98. The molecule has 2 saturated heterocycles. The second kappa shape index (κ2) is 14.5. The molecule has 196 valence electrons. The second-order valence-electron chi connectivity index (χ2n) is 9.27. The van der Waals surface area contributed by atoms with Crippen molar-refractivity contribution >= 4 is 23.8 Å². The Kier molecular flexibility index (Phi) is 11.4. The summed E-state index contributed by atoms with van der Waals surface area (Å²) in [7, 11) is 1.32. The van der Waals surface area contributed by atoms with E-state index in [2.05, 4.69) is 10.1 Å². The van der Waals surface area contributed by atoms with Gasteiger partial charge < -0.3 is 34.9 Å². The number of carbonyl (C=O) groups is 2. The Morgan fingerprint density at radius 1 is 1.31 bits per heavy atom. The van der Waals surface area contributed by atoms with Gasteiger partial charge in [-0.3, -0.25) is 0 Å². The number of piperidine rings is 1. The maximum atomic E-state index is 12.8. The van der Waals surface area contributed by atoms with Crippen LogP contribution in [0.3, 0.4) is 0 Å². The van der Waals surface area contributed by atoms with Crippen molar-refractivity contribution in [3.8, 4) is 0 Å². The van der Waals surface area contributed by atoms with Crippen LogP contribution in [0.15, 0.2) is 24.3 Å². The zero-order chi connectivity index (χ0) is 25.0. The van der Waals surface area contributed by atoms with E-state index >= 15 is 0 Å². The lowest BCUT2D eigenvalue weighted by molar-refractivity contribution is -0.0150. The van der Waals surface area contributed by atoms with Gasteiger partial charge in [-0.1, -0.05) is 23.7 Å². The van der Waals surface area contributed by atoms with Gasteiger partial charge in [0.05, 0.1) is 19.8 Å². The van der Waals surface area contributed by atoms with E-state index in [0.29, 0.717) is 37.2 Å². The lowest BCUT2D eigenvalue weighted by Crippen LogP contribution is -2.44. The molecule has 2 aliphatic heterocycles. The average molecular weight is 512 g/mol. The first-order valence-electron chi connectivity index (χ1n) is 12.4. The van der Waals surface area contributed by atoms with Gasteiger partial charge in [-0.2, -0.15) is 0 Å². The third-order valence-electron chi connectivity index (χ3n) is 6.49. The zero-order valence-electron chi connectivity index (χ0n) is 20.5. The molecule has 0 bridgehead atoms. The van der Waals surface area contributed by atoms with Gasteiger partial charge >= 0.3 is 12.2 Å². The normalized spacial score (nSPS) is 22.2. The lowest BCUT2D eigenvalue weighted by Gasteiger charge is -2.36. The first-order chi connectivity index (χ1) is 17.0. The Morgan fingerprint density at radius 2 is 2.17 bits per heavy atom. The third-order valence-corrected chi connectivity index (χ3v) is 6.72. The summed E-state index contributed by atoms with van der Waals surface area (Å²) in [4.78, 5) is 25.9. The quantitative estimate of drug-likeness (QED) is 0.460. The summed E-state index contributed by atoms with van der Waals surface area (Å²) < 4.78 is 21.9. The molecule has 3 rings (SSSR count). The number of hydrogen-bond acceptors (Lipinski definition) is 7. The van der Waals surface area contributed by atoms with Gasteiger partial charge in [0.15, 0.2) is 0 Å². The van der Waals surface area contributed by atoms with E-state index in [-0.39, 0.29) is 30.8 Å². The summed E-state index contributed by atoms with van der Waals surface area (Å²) in [5.74, 6) is 0.488. The number of nitrogens with two attached hydrogens (primary N) is 1. The van der Waals surface area contributed by atoms with Crippen LogP contribution in [0.4, 0.5) is 9.59 Å². The average Bonchev–Trinajstić information content (AvgIpc) is 2.87. The monoisotopic (exact) mass is 511 g/mol. The Morgan fingerprint density at radius 3 is 2.91 bits per heavy atom. The largest absolute Gasteiger partial charge is 0.453 e. The Bertz CT molecular complexity index is 807. The number of alkyl carbamates (subject to hydrolysis) is 1. The predicted molar refractivity (Wildman–Crippen MR) is 132 cm³/mol. The van der Waals surface area contributed by atoms with Gasteiger partial charge in [0.1, 0.15) is 6.61 Å². The number of benzene rings is 1. The molecular weight excluding hydrogens is 474 g/mol. The molecule has 2 heterocycles. The molecule has 35 heavy (non-hydrogen) atoms. The molecule has 3 N–H and O–H groups in total. The van der Waals surface area contributed by atoms with Crippen LogP contribution in [0.1, 0.15) is 43.8 Å². The topological polar surface area (TPSA) is 112 Å². The van der Waals surface area contributed by atoms with Gasteiger partial charge in [0.25, 0.3) is 0 Å². The summed E-state index contributed by atoms with van der Waals surface area (Å²) in [6.45, 7) is 3.50. The fourth-order valence-electron chi connectivity index (χ4n) is 4.78. The van der Waals surface area contributed by atoms with Gasteiger partial charge in [0.2, 0.25) is 0 Å². The number of carbonyl (C=O) groups excluding carboxylic acids is 2.